The maximum absolute atomic E-state index is 12.8. The van der Waals surface area contributed by atoms with Crippen molar-refractivity contribution < 1.29 is 19.1 Å². The van der Waals surface area contributed by atoms with E-state index in [1.54, 1.807) is 29.8 Å². The number of piperazine rings is 1. The van der Waals surface area contributed by atoms with Gasteiger partial charge in [-0.25, -0.2) is 0 Å². The lowest BCUT2D eigenvalue weighted by Gasteiger charge is -2.44. The molecule has 0 aliphatic carbocycles. The van der Waals surface area contributed by atoms with Crippen molar-refractivity contribution in [1.29, 1.82) is 0 Å². The summed E-state index contributed by atoms with van der Waals surface area (Å²) in [5, 5.41) is 5.88. The second kappa shape index (κ2) is 9.07. The third-order valence-corrected chi connectivity index (χ3v) is 6.22. The molecule has 2 aliphatic rings. The van der Waals surface area contributed by atoms with Gasteiger partial charge in [-0.15, -0.1) is 11.8 Å². The topological polar surface area (TPSA) is 87.7 Å². The minimum absolute atomic E-state index is 0.0117. The third kappa shape index (κ3) is 4.69. The van der Waals surface area contributed by atoms with E-state index in [9.17, 15) is 14.4 Å². The van der Waals surface area contributed by atoms with Gasteiger partial charge in [0.2, 0.25) is 11.8 Å². The van der Waals surface area contributed by atoms with E-state index in [0.29, 0.717) is 43.0 Å². The summed E-state index contributed by atoms with van der Waals surface area (Å²) >= 11 is 1.58. The Kier molecular flexibility index (Phi) is 6.72. The molecule has 0 radical (unpaired) electrons. The van der Waals surface area contributed by atoms with Gasteiger partial charge in [0.1, 0.15) is 17.8 Å². The monoisotopic (exact) mass is 419 g/mol. The fourth-order valence-corrected chi connectivity index (χ4v) is 4.45. The van der Waals surface area contributed by atoms with Crippen LogP contribution in [0.3, 0.4) is 0 Å². The molecule has 3 amide bonds. The molecule has 0 bridgehead atoms. The molecule has 2 aliphatic heterocycles. The van der Waals surface area contributed by atoms with Crippen molar-refractivity contribution in [3.8, 4) is 5.75 Å². The van der Waals surface area contributed by atoms with Crippen molar-refractivity contribution in [2.45, 2.75) is 56.1 Å². The molecule has 3 atom stereocenters. The molecule has 3 rings (SSSR count). The zero-order valence-electron chi connectivity index (χ0n) is 17.4. The summed E-state index contributed by atoms with van der Waals surface area (Å²) in [6, 6.07) is 4.34. The number of fused-ring (bicyclic) bond motifs is 1. The number of hydrogen-bond acceptors (Lipinski definition) is 5. The minimum atomic E-state index is -0.522. The average Bonchev–Trinajstić information content (AvgIpc) is 2.70. The summed E-state index contributed by atoms with van der Waals surface area (Å²) in [4.78, 5) is 40.8. The highest BCUT2D eigenvalue weighted by atomic mass is 32.2. The van der Waals surface area contributed by atoms with E-state index >= 15 is 0 Å². The molecular weight excluding hydrogens is 390 g/mol. The van der Waals surface area contributed by atoms with Crippen molar-refractivity contribution in [1.82, 2.24) is 15.5 Å². The molecule has 2 fully saturated rings. The molecule has 0 unspecified atom stereocenters. The Morgan fingerprint density at radius 3 is 2.79 bits per heavy atom. The number of thioether (sulfide) groups is 1. The van der Waals surface area contributed by atoms with E-state index in [0.717, 1.165) is 4.90 Å². The molecular formula is C21H29N3O4S. The van der Waals surface area contributed by atoms with E-state index < -0.39 is 12.1 Å². The maximum atomic E-state index is 12.8. The van der Waals surface area contributed by atoms with Crippen LogP contribution in [-0.2, 0) is 9.59 Å². The first kappa shape index (κ1) is 21.5. The number of hydrogen-bond donors (Lipinski definition) is 2. The Hall–Kier alpha value is -2.22. The van der Waals surface area contributed by atoms with Crippen LogP contribution in [-0.4, -0.2) is 60.7 Å². The largest absolute Gasteiger partial charge is 0.496 e. The van der Waals surface area contributed by atoms with E-state index in [1.807, 2.05) is 32.2 Å². The lowest BCUT2D eigenvalue weighted by Crippen LogP contribution is -2.67. The zero-order chi connectivity index (χ0) is 21.1. The SMILES string of the molecule is COc1cc(SC)ccc1C(=O)N[C@H]1CCN2C(=O)[C@H](CC(C)C)NC(=O)[C@@H]2C1. The Balaban J connectivity index is 1.66. The predicted molar refractivity (Wildman–Crippen MR) is 112 cm³/mol. The van der Waals surface area contributed by atoms with Crippen LogP contribution in [0.25, 0.3) is 0 Å². The van der Waals surface area contributed by atoms with Crippen LogP contribution >= 0.6 is 11.8 Å². The van der Waals surface area contributed by atoms with Crippen molar-refractivity contribution >= 4 is 29.5 Å². The molecule has 1 aromatic rings. The molecule has 2 N–H and O–H groups in total. The summed E-state index contributed by atoms with van der Waals surface area (Å²) in [6.45, 7) is 4.54. The number of carbonyl (C=O) groups is 3. The first-order chi connectivity index (χ1) is 13.8. The van der Waals surface area contributed by atoms with E-state index in [2.05, 4.69) is 10.6 Å². The fraction of sp³-hybridized carbons (Fsp3) is 0.571. The summed E-state index contributed by atoms with van der Waals surface area (Å²) < 4.78 is 5.37. The van der Waals surface area contributed by atoms with Gasteiger partial charge in [0, 0.05) is 17.5 Å². The zero-order valence-corrected chi connectivity index (χ0v) is 18.2. The van der Waals surface area contributed by atoms with Crippen LogP contribution in [0.4, 0.5) is 0 Å². The van der Waals surface area contributed by atoms with Gasteiger partial charge >= 0.3 is 0 Å². The number of nitrogens with one attached hydrogen (secondary N) is 2. The Bertz CT molecular complexity index is 798. The van der Waals surface area contributed by atoms with Crippen molar-refractivity contribution in [3.63, 3.8) is 0 Å². The number of carbonyl (C=O) groups excluding carboxylic acids is 3. The average molecular weight is 420 g/mol. The second-order valence-corrected chi connectivity index (χ2v) is 8.88. The van der Waals surface area contributed by atoms with Crippen molar-refractivity contribution in [2.24, 2.45) is 5.92 Å². The van der Waals surface area contributed by atoms with Gasteiger partial charge in [0.15, 0.2) is 0 Å². The second-order valence-electron chi connectivity index (χ2n) is 8.00. The molecule has 0 spiro atoms. The van der Waals surface area contributed by atoms with E-state index in [-0.39, 0.29) is 23.8 Å². The standard InChI is InChI=1S/C21H29N3O4S/c1-12(2)9-16-21(27)24-8-7-13(10-17(24)20(26)23-16)22-19(25)15-6-5-14(29-4)11-18(15)28-3/h5-6,11-13,16-17H,7-10H2,1-4H3,(H,22,25)(H,23,26)/t13-,16-,17-/m0/s1. The molecule has 8 heteroatoms. The van der Waals surface area contributed by atoms with Crippen LogP contribution < -0.4 is 15.4 Å². The highest BCUT2D eigenvalue weighted by Crippen LogP contribution is 2.27. The van der Waals surface area contributed by atoms with Crippen molar-refractivity contribution in [2.75, 3.05) is 19.9 Å². The molecule has 7 nitrogen and oxygen atoms in total. The molecule has 158 valence electrons. The quantitative estimate of drug-likeness (QED) is 0.689. The molecule has 2 heterocycles. The van der Waals surface area contributed by atoms with Crippen LogP contribution in [0.2, 0.25) is 0 Å². The first-order valence-corrected chi connectivity index (χ1v) is 11.2. The van der Waals surface area contributed by atoms with E-state index in [4.69, 9.17) is 4.74 Å². The number of nitrogens with zero attached hydrogens (tertiary/aromatic N) is 1. The van der Waals surface area contributed by atoms with Gasteiger partial charge in [-0.1, -0.05) is 13.8 Å². The number of rotatable bonds is 6. The van der Waals surface area contributed by atoms with Gasteiger partial charge in [-0.3, -0.25) is 14.4 Å². The Morgan fingerprint density at radius 2 is 2.14 bits per heavy atom. The van der Waals surface area contributed by atoms with Gasteiger partial charge in [-0.05, 0) is 49.6 Å². The van der Waals surface area contributed by atoms with Gasteiger partial charge in [-0.2, -0.15) is 0 Å². The van der Waals surface area contributed by atoms with E-state index in [1.165, 1.54) is 0 Å². The highest BCUT2D eigenvalue weighted by molar-refractivity contribution is 7.98. The fourth-order valence-electron chi connectivity index (χ4n) is 4.02. The number of ether oxygens (including phenoxy) is 1. The first-order valence-electron chi connectivity index (χ1n) is 9.97. The molecule has 0 saturated carbocycles. The maximum Gasteiger partial charge on any atom is 0.255 e. The summed E-state index contributed by atoms with van der Waals surface area (Å²) in [5.41, 5.74) is 0.467. The predicted octanol–water partition coefficient (Wildman–Crippen LogP) is 2.05. The van der Waals surface area contributed by atoms with Gasteiger partial charge in [0.05, 0.1) is 12.7 Å². The number of amides is 3. The lowest BCUT2D eigenvalue weighted by atomic mass is 9.91. The van der Waals surface area contributed by atoms with Gasteiger partial charge in [0.25, 0.3) is 5.91 Å². The summed E-state index contributed by atoms with van der Waals surface area (Å²) in [7, 11) is 1.54. The van der Waals surface area contributed by atoms with Gasteiger partial charge < -0.3 is 20.3 Å². The van der Waals surface area contributed by atoms with Crippen LogP contribution in [0.15, 0.2) is 23.1 Å². The normalized spacial score (nSPS) is 24.2. The smallest absolute Gasteiger partial charge is 0.255 e. The highest BCUT2D eigenvalue weighted by Gasteiger charge is 2.44. The molecule has 1 aromatic carbocycles. The molecule has 2 saturated heterocycles. The van der Waals surface area contributed by atoms with Crippen LogP contribution in [0.1, 0.15) is 43.5 Å². The summed E-state index contributed by atoms with van der Waals surface area (Å²) in [6.07, 6.45) is 3.65. The number of piperidine rings is 1. The number of benzene rings is 1. The summed E-state index contributed by atoms with van der Waals surface area (Å²) in [5.74, 6) is 0.477. The van der Waals surface area contributed by atoms with Crippen molar-refractivity contribution in [3.05, 3.63) is 23.8 Å². The Labute approximate surface area is 175 Å². The Morgan fingerprint density at radius 1 is 1.38 bits per heavy atom. The van der Waals surface area contributed by atoms with Crippen LogP contribution in [0, 0.1) is 5.92 Å². The lowest BCUT2D eigenvalue weighted by molar-refractivity contribution is -0.152. The molecule has 29 heavy (non-hydrogen) atoms. The number of methoxy groups -OCH3 is 1. The molecule has 0 aromatic heterocycles. The minimum Gasteiger partial charge on any atom is -0.496 e. The van der Waals surface area contributed by atoms with Crippen LogP contribution in [0.5, 0.6) is 5.75 Å². The third-order valence-electron chi connectivity index (χ3n) is 5.50.